The number of nitrogens with two attached hydrogens (primary N) is 1. The standard InChI is InChI=1S/C13H10Cl2N4OS/c14-8-1-2-9(15)7(5-8)6-21(20)11-4-3-10-12(17-11)13(16)19-18-10/h1-5H,6H2,(H3,16,18,19). The Labute approximate surface area is 133 Å². The number of hydrogen-bond acceptors (Lipinski definition) is 4. The van der Waals surface area contributed by atoms with Crippen molar-refractivity contribution in [3.8, 4) is 0 Å². The SMILES string of the molecule is Nc1n[nH]c2ccc([S+]([O-])Cc3cc(Cl)ccc3Cl)nc12. The number of nitrogen functional groups attached to an aromatic ring is 1. The van der Waals surface area contributed by atoms with Crippen molar-refractivity contribution < 1.29 is 4.55 Å². The third kappa shape index (κ3) is 2.94. The molecule has 1 unspecified atom stereocenters. The van der Waals surface area contributed by atoms with Crippen LogP contribution in [-0.2, 0) is 16.9 Å². The highest BCUT2D eigenvalue weighted by molar-refractivity contribution is 7.90. The molecular weight excluding hydrogens is 331 g/mol. The summed E-state index contributed by atoms with van der Waals surface area (Å²) in [7, 11) is 0. The molecule has 3 aromatic rings. The van der Waals surface area contributed by atoms with Crippen molar-refractivity contribution in [2.75, 3.05) is 5.73 Å². The molecule has 2 heterocycles. The lowest BCUT2D eigenvalue weighted by Gasteiger charge is -2.10. The average Bonchev–Trinajstić information content (AvgIpc) is 2.84. The maximum atomic E-state index is 12.4. The first-order valence-electron chi connectivity index (χ1n) is 5.97. The lowest BCUT2D eigenvalue weighted by atomic mass is 10.2. The molecule has 1 atom stereocenters. The van der Waals surface area contributed by atoms with E-state index in [0.717, 1.165) is 0 Å². The van der Waals surface area contributed by atoms with Gasteiger partial charge < -0.3 is 10.3 Å². The number of anilines is 1. The fourth-order valence-electron chi connectivity index (χ4n) is 1.90. The van der Waals surface area contributed by atoms with Crippen LogP contribution in [0.3, 0.4) is 0 Å². The molecule has 0 spiro atoms. The van der Waals surface area contributed by atoms with Gasteiger partial charge in [-0.15, -0.1) is 0 Å². The topological polar surface area (TPSA) is 90.6 Å². The highest BCUT2D eigenvalue weighted by Crippen LogP contribution is 2.26. The molecule has 21 heavy (non-hydrogen) atoms. The first-order chi connectivity index (χ1) is 10.0. The monoisotopic (exact) mass is 340 g/mol. The van der Waals surface area contributed by atoms with Gasteiger partial charge in [-0.25, -0.2) is 0 Å². The quantitative estimate of drug-likeness (QED) is 0.716. The number of rotatable bonds is 3. The Morgan fingerprint density at radius 1 is 1.24 bits per heavy atom. The van der Waals surface area contributed by atoms with E-state index in [4.69, 9.17) is 28.9 Å². The molecule has 0 fully saturated rings. The van der Waals surface area contributed by atoms with Gasteiger partial charge in [-0.1, -0.05) is 23.2 Å². The molecule has 108 valence electrons. The molecule has 0 aliphatic rings. The Balaban J connectivity index is 1.91. The number of aromatic nitrogens is 3. The largest absolute Gasteiger partial charge is 0.610 e. The highest BCUT2D eigenvalue weighted by Gasteiger charge is 2.18. The Hall–Kier alpha value is -1.47. The van der Waals surface area contributed by atoms with Gasteiger partial charge in [0.15, 0.2) is 5.82 Å². The number of halogens is 2. The molecule has 0 saturated carbocycles. The zero-order chi connectivity index (χ0) is 15.0. The van der Waals surface area contributed by atoms with Gasteiger partial charge in [-0.3, -0.25) is 5.10 Å². The molecule has 0 saturated heterocycles. The third-order valence-corrected chi connectivity index (χ3v) is 4.81. The van der Waals surface area contributed by atoms with Gasteiger partial charge in [0.1, 0.15) is 11.3 Å². The van der Waals surface area contributed by atoms with E-state index in [1.807, 2.05) is 0 Å². The lowest BCUT2D eigenvalue weighted by molar-refractivity contribution is 0.591. The minimum atomic E-state index is -1.35. The Morgan fingerprint density at radius 3 is 2.86 bits per heavy atom. The van der Waals surface area contributed by atoms with Crippen LogP contribution in [0.15, 0.2) is 35.4 Å². The zero-order valence-electron chi connectivity index (χ0n) is 10.6. The second kappa shape index (κ2) is 5.73. The second-order valence-corrected chi connectivity index (χ2v) is 6.62. The van der Waals surface area contributed by atoms with Crippen molar-refractivity contribution in [3.05, 3.63) is 45.9 Å². The molecular formula is C13H10Cl2N4OS. The predicted octanol–water partition coefficient (Wildman–Crippen LogP) is 3.15. The number of aromatic amines is 1. The molecule has 5 nitrogen and oxygen atoms in total. The van der Waals surface area contributed by atoms with E-state index in [1.165, 1.54) is 0 Å². The van der Waals surface area contributed by atoms with Crippen molar-refractivity contribution in [2.24, 2.45) is 0 Å². The van der Waals surface area contributed by atoms with Crippen molar-refractivity contribution in [1.82, 2.24) is 15.2 Å². The summed E-state index contributed by atoms with van der Waals surface area (Å²) in [5, 5.41) is 8.10. The first kappa shape index (κ1) is 14.5. The minimum Gasteiger partial charge on any atom is -0.610 e. The summed E-state index contributed by atoms with van der Waals surface area (Å²) < 4.78 is 12.4. The van der Waals surface area contributed by atoms with Crippen molar-refractivity contribution in [1.29, 1.82) is 0 Å². The Bertz CT molecular complexity index is 808. The van der Waals surface area contributed by atoms with E-state index in [1.54, 1.807) is 30.3 Å². The zero-order valence-corrected chi connectivity index (χ0v) is 13.0. The fraction of sp³-hybridized carbons (Fsp3) is 0.0769. The number of pyridine rings is 1. The summed E-state index contributed by atoms with van der Waals surface area (Å²) in [4.78, 5) is 4.29. The van der Waals surface area contributed by atoms with E-state index in [-0.39, 0.29) is 11.6 Å². The maximum absolute atomic E-state index is 12.4. The van der Waals surface area contributed by atoms with Crippen LogP contribution in [0.4, 0.5) is 5.82 Å². The third-order valence-electron chi connectivity index (χ3n) is 2.94. The van der Waals surface area contributed by atoms with Crippen LogP contribution in [0.1, 0.15) is 5.56 Å². The number of H-pyrrole nitrogens is 1. The maximum Gasteiger partial charge on any atom is 0.245 e. The lowest BCUT2D eigenvalue weighted by Crippen LogP contribution is -2.07. The molecule has 0 radical (unpaired) electrons. The number of nitrogens with one attached hydrogen (secondary N) is 1. The summed E-state index contributed by atoms with van der Waals surface area (Å²) in [5.74, 6) is 0.514. The van der Waals surface area contributed by atoms with Crippen molar-refractivity contribution in [3.63, 3.8) is 0 Å². The van der Waals surface area contributed by atoms with Gasteiger partial charge in [-0.05, 0) is 24.3 Å². The average molecular weight is 341 g/mol. The molecule has 0 aliphatic carbocycles. The van der Waals surface area contributed by atoms with Gasteiger partial charge >= 0.3 is 0 Å². The smallest absolute Gasteiger partial charge is 0.245 e. The van der Waals surface area contributed by atoms with Gasteiger partial charge in [0.05, 0.1) is 5.52 Å². The van der Waals surface area contributed by atoms with Gasteiger partial charge in [-0.2, -0.15) is 10.1 Å². The number of nitrogens with zero attached hydrogens (tertiary/aromatic N) is 2. The highest BCUT2D eigenvalue weighted by atomic mass is 35.5. The van der Waals surface area contributed by atoms with Gasteiger partial charge in [0.25, 0.3) is 0 Å². The summed E-state index contributed by atoms with van der Waals surface area (Å²) in [6, 6.07) is 8.49. The van der Waals surface area contributed by atoms with Crippen LogP contribution in [0.25, 0.3) is 11.0 Å². The summed E-state index contributed by atoms with van der Waals surface area (Å²) in [6.07, 6.45) is 0. The van der Waals surface area contributed by atoms with E-state index in [9.17, 15) is 4.55 Å². The van der Waals surface area contributed by atoms with Crippen molar-refractivity contribution >= 4 is 51.2 Å². The Kier molecular flexibility index (Phi) is 3.95. The second-order valence-electron chi connectivity index (χ2n) is 4.38. The van der Waals surface area contributed by atoms with E-state index < -0.39 is 11.2 Å². The van der Waals surface area contributed by atoms with Gasteiger partial charge in [0.2, 0.25) is 5.03 Å². The van der Waals surface area contributed by atoms with E-state index in [2.05, 4.69) is 15.2 Å². The fourth-order valence-corrected chi connectivity index (χ4v) is 3.44. The summed E-state index contributed by atoms with van der Waals surface area (Å²) >= 11 is 10.7. The van der Waals surface area contributed by atoms with Crippen molar-refractivity contribution in [2.45, 2.75) is 10.8 Å². The van der Waals surface area contributed by atoms with E-state index in [0.29, 0.717) is 31.7 Å². The molecule has 3 rings (SSSR count). The molecule has 1 aromatic carbocycles. The summed E-state index contributed by atoms with van der Waals surface area (Å²) in [6.45, 7) is 0. The number of hydrogen-bond donors (Lipinski definition) is 2. The molecule has 2 aromatic heterocycles. The molecule has 3 N–H and O–H groups in total. The van der Waals surface area contributed by atoms with E-state index >= 15 is 0 Å². The van der Waals surface area contributed by atoms with Crippen LogP contribution >= 0.6 is 23.2 Å². The van der Waals surface area contributed by atoms with Crippen LogP contribution < -0.4 is 5.73 Å². The minimum absolute atomic E-state index is 0.232. The van der Waals surface area contributed by atoms with Crippen LogP contribution in [0, 0.1) is 0 Å². The van der Waals surface area contributed by atoms with Crippen LogP contribution in [0.5, 0.6) is 0 Å². The number of benzene rings is 1. The molecule has 0 bridgehead atoms. The molecule has 8 heteroatoms. The van der Waals surface area contributed by atoms with Crippen LogP contribution in [-0.4, -0.2) is 19.7 Å². The molecule has 0 aliphatic heterocycles. The molecule has 0 amide bonds. The summed E-state index contributed by atoms with van der Waals surface area (Å²) in [5.41, 5.74) is 7.63. The first-order valence-corrected chi connectivity index (χ1v) is 8.05. The van der Waals surface area contributed by atoms with Crippen LogP contribution in [0.2, 0.25) is 10.0 Å². The normalized spacial score (nSPS) is 12.7. The number of fused-ring (bicyclic) bond motifs is 1. The van der Waals surface area contributed by atoms with Gasteiger partial charge in [0, 0.05) is 32.9 Å². The predicted molar refractivity (Wildman–Crippen MR) is 84.9 cm³/mol. The Morgan fingerprint density at radius 2 is 2.05 bits per heavy atom.